The third-order valence-corrected chi connectivity index (χ3v) is 2.91. The van der Waals surface area contributed by atoms with Crippen LogP contribution in [0.15, 0.2) is 24.3 Å². The molecule has 0 aromatic heterocycles. The third kappa shape index (κ3) is 5.58. The van der Waals surface area contributed by atoms with Crippen LogP contribution in [0, 0.1) is 5.41 Å². The minimum Gasteiger partial charge on any atom is -0.456 e. The van der Waals surface area contributed by atoms with Crippen molar-refractivity contribution in [2.75, 3.05) is 5.32 Å². The van der Waals surface area contributed by atoms with Gasteiger partial charge in [0.05, 0.1) is 11.6 Å². The van der Waals surface area contributed by atoms with Crippen LogP contribution in [0.25, 0.3) is 0 Å². The van der Waals surface area contributed by atoms with Gasteiger partial charge in [-0.1, -0.05) is 20.8 Å². The van der Waals surface area contributed by atoms with E-state index in [0.29, 0.717) is 5.56 Å². The molecule has 1 atom stereocenters. The Labute approximate surface area is 126 Å². The maximum atomic E-state index is 11.9. The second kappa shape index (κ2) is 6.29. The van der Waals surface area contributed by atoms with Gasteiger partial charge in [-0.25, -0.2) is 4.79 Å². The SMILES string of the molecule is CC(C)(C)OC(=O)c1ccc(NC(C=O)C(C)(C)C)cc1. The quantitative estimate of drug-likeness (QED) is 0.679. The number of carbonyl (C=O) groups excluding carboxylic acids is 2. The molecule has 0 amide bonds. The highest BCUT2D eigenvalue weighted by Crippen LogP contribution is 2.22. The zero-order chi connectivity index (χ0) is 16.3. The van der Waals surface area contributed by atoms with Gasteiger partial charge in [0.2, 0.25) is 0 Å². The first kappa shape index (κ1) is 17.2. The van der Waals surface area contributed by atoms with Crippen LogP contribution in [0.4, 0.5) is 5.69 Å². The summed E-state index contributed by atoms with van der Waals surface area (Å²) in [5.74, 6) is -0.350. The average molecular weight is 291 g/mol. The largest absolute Gasteiger partial charge is 0.456 e. The topological polar surface area (TPSA) is 55.4 Å². The van der Waals surface area contributed by atoms with E-state index in [1.54, 1.807) is 24.3 Å². The first-order chi connectivity index (χ1) is 9.53. The Morgan fingerprint density at radius 3 is 2.00 bits per heavy atom. The van der Waals surface area contributed by atoms with Crippen molar-refractivity contribution in [3.8, 4) is 0 Å². The van der Waals surface area contributed by atoms with Crippen LogP contribution >= 0.6 is 0 Å². The fourth-order valence-electron chi connectivity index (χ4n) is 1.67. The molecule has 0 fully saturated rings. The van der Waals surface area contributed by atoms with E-state index in [2.05, 4.69) is 5.32 Å². The van der Waals surface area contributed by atoms with Gasteiger partial charge in [0.25, 0.3) is 0 Å². The van der Waals surface area contributed by atoms with Crippen molar-refractivity contribution in [3.63, 3.8) is 0 Å². The molecule has 1 unspecified atom stereocenters. The monoisotopic (exact) mass is 291 g/mol. The van der Waals surface area contributed by atoms with Crippen LogP contribution in [0.3, 0.4) is 0 Å². The smallest absolute Gasteiger partial charge is 0.338 e. The Morgan fingerprint density at radius 2 is 1.62 bits per heavy atom. The van der Waals surface area contributed by atoms with Gasteiger partial charge in [-0.3, -0.25) is 0 Å². The average Bonchev–Trinajstić information content (AvgIpc) is 2.33. The molecule has 4 nitrogen and oxygen atoms in total. The number of nitrogens with one attached hydrogen (secondary N) is 1. The molecule has 0 aliphatic carbocycles. The van der Waals surface area contributed by atoms with Gasteiger partial charge >= 0.3 is 5.97 Å². The summed E-state index contributed by atoms with van der Waals surface area (Å²) < 4.78 is 5.30. The highest BCUT2D eigenvalue weighted by molar-refractivity contribution is 5.90. The standard InChI is InChI=1S/C17H25NO3/c1-16(2,3)14(11-19)18-13-9-7-12(8-10-13)15(20)21-17(4,5)6/h7-11,14,18H,1-6H3. The normalized spacial score (nSPS) is 13.4. The summed E-state index contributed by atoms with van der Waals surface area (Å²) in [6.45, 7) is 11.5. The number of anilines is 1. The van der Waals surface area contributed by atoms with Gasteiger partial charge in [0, 0.05) is 5.69 Å². The van der Waals surface area contributed by atoms with Crippen molar-refractivity contribution in [3.05, 3.63) is 29.8 Å². The number of hydrogen-bond acceptors (Lipinski definition) is 4. The molecule has 0 radical (unpaired) electrons. The molecule has 0 spiro atoms. The first-order valence-electron chi connectivity index (χ1n) is 7.08. The molecule has 0 heterocycles. The molecule has 0 saturated carbocycles. The maximum absolute atomic E-state index is 11.9. The second-order valence-corrected chi connectivity index (χ2v) is 7.20. The number of hydrogen-bond donors (Lipinski definition) is 1. The number of benzene rings is 1. The number of aldehydes is 1. The summed E-state index contributed by atoms with van der Waals surface area (Å²) in [4.78, 5) is 23.1. The van der Waals surface area contributed by atoms with Gasteiger partial charge in [0.1, 0.15) is 11.9 Å². The van der Waals surface area contributed by atoms with Crippen LogP contribution in [-0.4, -0.2) is 23.9 Å². The van der Waals surface area contributed by atoms with E-state index >= 15 is 0 Å². The summed E-state index contributed by atoms with van der Waals surface area (Å²) in [6, 6.07) is 6.66. The highest BCUT2D eigenvalue weighted by Gasteiger charge is 2.24. The molecule has 21 heavy (non-hydrogen) atoms. The highest BCUT2D eigenvalue weighted by atomic mass is 16.6. The molecular weight excluding hydrogens is 266 g/mol. The Bertz CT molecular complexity index is 492. The fourth-order valence-corrected chi connectivity index (χ4v) is 1.67. The van der Waals surface area contributed by atoms with E-state index < -0.39 is 5.60 Å². The first-order valence-corrected chi connectivity index (χ1v) is 7.08. The number of esters is 1. The zero-order valence-electron chi connectivity index (χ0n) is 13.7. The molecule has 116 valence electrons. The molecule has 1 aromatic rings. The van der Waals surface area contributed by atoms with Gasteiger partial charge in [-0.05, 0) is 50.5 Å². The van der Waals surface area contributed by atoms with Gasteiger partial charge in [-0.15, -0.1) is 0 Å². The molecule has 0 bridgehead atoms. The van der Waals surface area contributed by atoms with Gasteiger partial charge in [-0.2, -0.15) is 0 Å². The van der Waals surface area contributed by atoms with Crippen LogP contribution in [0.2, 0.25) is 0 Å². The minimum absolute atomic E-state index is 0.175. The van der Waals surface area contributed by atoms with E-state index in [-0.39, 0.29) is 17.4 Å². The Morgan fingerprint density at radius 1 is 1.10 bits per heavy atom. The predicted molar refractivity (Wildman–Crippen MR) is 84.5 cm³/mol. The molecule has 1 rings (SSSR count). The van der Waals surface area contributed by atoms with Crippen LogP contribution in [0.5, 0.6) is 0 Å². The molecule has 1 aromatic carbocycles. The Balaban J connectivity index is 2.79. The lowest BCUT2D eigenvalue weighted by Gasteiger charge is -2.27. The summed E-state index contributed by atoms with van der Waals surface area (Å²) in [5, 5.41) is 3.16. The van der Waals surface area contributed by atoms with Crippen molar-refractivity contribution in [2.24, 2.45) is 5.41 Å². The number of ether oxygens (including phenoxy) is 1. The van der Waals surface area contributed by atoms with E-state index in [9.17, 15) is 9.59 Å². The van der Waals surface area contributed by atoms with Gasteiger partial charge < -0.3 is 14.8 Å². The lowest BCUT2D eigenvalue weighted by Crippen LogP contribution is -2.35. The second-order valence-electron chi connectivity index (χ2n) is 7.20. The molecule has 0 aliphatic heterocycles. The zero-order valence-corrected chi connectivity index (χ0v) is 13.7. The molecule has 4 heteroatoms. The Hall–Kier alpha value is -1.84. The summed E-state index contributed by atoms with van der Waals surface area (Å²) >= 11 is 0. The summed E-state index contributed by atoms with van der Waals surface area (Å²) in [6.07, 6.45) is 0.905. The predicted octanol–water partition coefficient (Wildman–Crippen LogP) is 3.67. The van der Waals surface area contributed by atoms with Crippen molar-refractivity contribution in [2.45, 2.75) is 53.2 Å². The Kier molecular flexibility index (Phi) is 5.15. The van der Waals surface area contributed by atoms with Crippen LogP contribution in [-0.2, 0) is 9.53 Å². The lowest BCUT2D eigenvalue weighted by molar-refractivity contribution is -0.110. The number of carbonyl (C=O) groups is 2. The minimum atomic E-state index is -0.511. The van der Waals surface area contributed by atoms with Crippen molar-refractivity contribution in [1.29, 1.82) is 0 Å². The van der Waals surface area contributed by atoms with Crippen molar-refractivity contribution in [1.82, 2.24) is 0 Å². The number of rotatable bonds is 4. The van der Waals surface area contributed by atoms with E-state index in [1.807, 2.05) is 41.5 Å². The molecule has 0 saturated heterocycles. The fraction of sp³-hybridized carbons (Fsp3) is 0.529. The van der Waals surface area contributed by atoms with Crippen molar-refractivity contribution < 1.29 is 14.3 Å². The summed E-state index contributed by atoms with van der Waals surface area (Å²) in [5.41, 5.74) is 0.609. The van der Waals surface area contributed by atoms with Gasteiger partial charge in [0.15, 0.2) is 0 Å². The molecule has 0 aliphatic rings. The maximum Gasteiger partial charge on any atom is 0.338 e. The third-order valence-electron chi connectivity index (χ3n) is 2.91. The van der Waals surface area contributed by atoms with E-state index in [4.69, 9.17) is 4.74 Å². The van der Waals surface area contributed by atoms with E-state index in [0.717, 1.165) is 12.0 Å². The van der Waals surface area contributed by atoms with Crippen molar-refractivity contribution >= 4 is 17.9 Å². The van der Waals surface area contributed by atoms with Crippen LogP contribution in [0.1, 0.15) is 51.9 Å². The molecular formula is C17H25NO3. The lowest BCUT2D eigenvalue weighted by atomic mass is 9.87. The molecule has 1 N–H and O–H groups in total. The van der Waals surface area contributed by atoms with Crippen LogP contribution < -0.4 is 5.32 Å². The van der Waals surface area contributed by atoms with E-state index in [1.165, 1.54) is 0 Å². The summed E-state index contributed by atoms with van der Waals surface area (Å²) in [7, 11) is 0.